The number of carboxylic acid groups (broad SMARTS) is 1. The van der Waals surface area contributed by atoms with Gasteiger partial charge in [0, 0.05) is 22.5 Å². The molecular formula is C25H31ClN2O5S. The van der Waals surface area contributed by atoms with Crippen LogP contribution in [-0.2, 0) is 14.4 Å². The van der Waals surface area contributed by atoms with E-state index >= 15 is 0 Å². The van der Waals surface area contributed by atoms with Gasteiger partial charge in [-0.3, -0.25) is 14.4 Å². The third-order valence-electron chi connectivity index (χ3n) is 7.73. The molecule has 3 aliphatic rings. The third kappa shape index (κ3) is 3.57. The number of anilines is 1. The van der Waals surface area contributed by atoms with E-state index in [-0.39, 0.29) is 42.1 Å². The summed E-state index contributed by atoms with van der Waals surface area (Å²) >= 11 is 7.55. The fourth-order valence-electron chi connectivity index (χ4n) is 6.22. The maximum Gasteiger partial charge on any atom is 0.308 e. The van der Waals surface area contributed by atoms with E-state index in [1.807, 2.05) is 20.8 Å². The van der Waals surface area contributed by atoms with E-state index in [1.165, 1.54) is 16.7 Å². The molecule has 2 N–H and O–H groups in total. The summed E-state index contributed by atoms with van der Waals surface area (Å²) in [5.41, 5.74) is 0.617. The molecule has 7 nitrogen and oxygen atoms in total. The highest BCUT2D eigenvalue weighted by atomic mass is 35.5. The maximum atomic E-state index is 14.4. The summed E-state index contributed by atoms with van der Waals surface area (Å²) in [5, 5.41) is 20.6. The average Bonchev–Trinajstić information content (AvgIpc) is 3.37. The van der Waals surface area contributed by atoms with Crippen LogP contribution in [0.25, 0.3) is 0 Å². The van der Waals surface area contributed by atoms with Gasteiger partial charge in [0.2, 0.25) is 5.91 Å². The number of rotatable bonds is 8. The van der Waals surface area contributed by atoms with E-state index in [9.17, 15) is 24.6 Å². The number of benzene rings is 1. The molecule has 0 aromatic heterocycles. The molecule has 2 bridgehead atoms. The summed E-state index contributed by atoms with van der Waals surface area (Å²) in [4.78, 5) is 43.7. The Morgan fingerprint density at radius 2 is 2.00 bits per heavy atom. The topological polar surface area (TPSA) is 98.2 Å². The standard InChI is InChI=1S/C25H31ClN2O5S/c1-5-10-27(16-8-6-15(26)7-9-16)23(31)21-25-14(4)11-18(34-25)19(24(32)33)20(25)22(30)28(21)17(12-29)13(2)3/h5-9,13-14,17-21,29H,1,10-12H2,2-4H3,(H,32,33)/t14?,17-,18-,19+,20-,21?,25?/m0/s1. The number of carboxylic acids is 1. The van der Waals surface area contributed by atoms with Gasteiger partial charge in [0.15, 0.2) is 0 Å². The fraction of sp³-hybridized carbons (Fsp3) is 0.560. The SMILES string of the molecule is C=CCN(C(=O)C1N([C@@H](CO)C(C)C)C(=O)[C@@H]2[C@H](C(=O)O)[C@@H]3CC(C)C12S3)c1ccc(Cl)cc1. The van der Waals surface area contributed by atoms with Crippen LogP contribution in [0.3, 0.4) is 0 Å². The number of carbonyl (C=O) groups excluding carboxylic acids is 2. The first-order valence-electron chi connectivity index (χ1n) is 11.6. The Kier molecular flexibility index (Phi) is 6.79. The number of hydrogen-bond donors (Lipinski definition) is 2. The van der Waals surface area contributed by atoms with E-state index in [1.54, 1.807) is 35.2 Å². The molecule has 0 radical (unpaired) electrons. The smallest absolute Gasteiger partial charge is 0.308 e. The van der Waals surface area contributed by atoms with E-state index in [0.29, 0.717) is 17.1 Å². The minimum Gasteiger partial charge on any atom is -0.481 e. The van der Waals surface area contributed by atoms with E-state index in [0.717, 1.165) is 0 Å². The summed E-state index contributed by atoms with van der Waals surface area (Å²) in [6.07, 6.45) is 2.26. The van der Waals surface area contributed by atoms with Gasteiger partial charge in [-0.2, -0.15) is 0 Å². The lowest BCUT2D eigenvalue weighted by atomic mass is 9.66. The molecule has 0 saturated carbocycles. The van der Waals surface area contributed by atoms with Crippen LogP contribution in [-0.4, -0.2) is 68.1 Å². The molecule has 3 heterocycles. The number of nitrogens with zero attached hydrogens (tertiary/aromatic N) is 2. The number of carbonyl (C=O) groups is 3. The second-order valence-electron chi connectivity index (χ2n) is 9.84. The minimum absolute atomic E-state index is 0.0340. The number of aliphatic hydroxyl groups is 1. The molecule has 1 spiro atoms. The molecule has 34 heavy (non-hydrogen) atoms. The molecule has 1 aromatic rings. The molecule has 0 aliphatic carbocycles. The quantitative estimate of drug-likeness (QED) is 0.525. The minimum atomic E-state index is -0.997. The van der Waals surface area contributed by atoms with E-state index < -0.39 is 34.6 Å². The van der Waals surface area contributed by atoms with Gasteiger partial charge in [-0.25, -0.2) is 0 Å². The first-order valence-corrected chi connectivity index (χ1v) is 12.9. The highest BCUT2D eigenvalue weighted by Crippen LogP contribution is 2.69. The molecular weight excluding hydrogens is 476 g/mol. The number of hydrogen-bond acceptors (Lipinski definition) is 5. The van der Waals surface area contributed by atoms with E-state index in [2.05, 4.69) is 6.58 Å². The zero-order chi connectivity index (χ0) is 24.9. The molecule has 1 aromatic carbocycles. The summed E-state index contributed by atoms with van der Waals surface area (Å²) in [6, 6.07) is 5.39. The summed E-state index contributed by atoms with van der Waals surface area (Å²) in [7, 11) is 0. The van der Waals surface area contributed by atoms with Gasteiger partial charge in [0.1, 0.15) is 6.04 Å². The van der Waals surface area contributed by atoms with Crippen molar-refractivity contribution in [3.8, 4) is 0 Å². The number of likely N-dealkylation sites (tertiary alicyclic amines) is 1. The molecule has 9 heteroatoms. The molecule has 3 saturated heterocycles. The maximum absolute atomic E-state index is 14.4. The largest absolute Gasteiger partial charge is 0.481 e. The normalized spacial score (nSPS) is 32.7. The zero-order valence-corrected chi connectivity index (χ0v) is 21.1. The lowest BCUT2D eigenvalue weighted by molar-refractivity contribution is -0.150. The lowest BCUT2D eigenvalue weighted by Gasteiger charge is -2.42. The van der Waals surface area contributed by atoms with Gasteiger partial charge < -0.3 is 20.0 Å². The Morgan fingerprint density at radius 1 is 1.35 bits per heavy atom. The van der Waals surface area contributed by atoms with Crippen molar-refractivity contribution in [2.24, 2.45) is 23.7 Å². The first-order chi connectivity index (χ1) is 16.1. The number of aliphatic carboxylic acids is 1. The lowest BCUT2D eigenvalue weighted by Crippen LogP contribution is -2.60. The predicted molar refractivity (Wildman–Crippen MR) is 133 cm³/mol. The number of fused-ring (bicyclic) bond motifs is 1. The number of amides is 2. The molecule has 2 amide bonds. The summed E-state index contributed by atoms with van der Waals surface area (Å²) in [5.74, 6) is -3.43. The van der Waals surface area contributed by atoms with Gasteiger partial charge >= 0.3 is 5.97 Å². The Morgan fingerprint density at radius 3 is 2.53 bits per heavy atom. The summed E-state index contributed by atoms with van der Waals surface area (Å²) < 4.78 is -0.865. The van der Waals surface area contributed by atoms with Crippen LogP contribution >= 0.6 is 23.4 Å². The van der Waals surface area contributed by atoms with Crippen molar-refractivity contribution in [2.45, 2.75) is 49.3 Å². The highest BCUT2D eigenvalue weighted by molar-refractivity contribution is 8.02. The van der Waals surface area contributed by atoms with Crippen LogP contribution in [0.15, 0.2) is 36.9 Å². The molecule has 4 rings (SSSR count). The third-order valence-corrected chi connectivity index (χ3v) is 10.1. The Balaban J connectivity index is 1.87. The zero-order valence-electron chi connectivity index (χ0n) is 19.6. The highest BCUT2D eigenvalue weighted by Gasteiger charge is 2.77. The van der Waals surface area contributed by atoms with Crippen molar-refractivity contribution in [1.29, 1.82) is 0 Å². The van der Waals surface area contributed by atoms with Crippen LogP contribution in [0.5, 0.6) is 0 Å². The van der Waals surface area contributed by atoms with Crippen molar-refractivity contribution < 1.29 is 24.6 Å². The van der Waals surface area contributed by atoms with Gasteiger partial charge in [-0.05, 0) is 42.5 Å². The Hall–Kier alpha value is -2.03. The molecule has 184 valence electrons. The molecule has 3 unspecified atom stereocenters. The van der Waals surface area contributed by atoms with Crippen LogP contribution in [0.2, 0.25) is 5.02 Å². The van der Waals surface area contributed by atoms with E-state index in [4.69, 9.17) is 11.6 Å². The van der Waals surface area contributed by atoms with Crippen LogP contribution in [0, 0.1) is 23.7 Å². The van der Waals surface area contributed by atoms with Crippen LogP contribution in [0.1, 0.15) is 27.2 Å². The van der Waals surface area contributed by atoms with Crippen molar-refractivity contribution in [3.63, 3.8) is 0 Å². The van der Waals surface area contributed by atoms with Crippen LogP contribution < -0.4 is 4.90 Å². The molecule has 3 fully saturated rings. The Bertz CT molecular complexity index is 1000. The predicted octanol–water partition coefficient (Wildman–Crippen LogP) is 3.30. The number of thioether (sulfide) groups is 1. The first kappa shape index (κ1) is 25.1. The molecule has 3 aliphatic heterocycles. The summed E-state index contributed by atoms with van der Waals surface area (Å²) in [6.45, 7) is 9.52. The fourth-order valence-corrected chi connectivity index (χ4v) is 8.74. The monoisotopic (exact) mass is 506 g/mol. The van der Waals surface area contributed by atoms with Crippen molar-refractivity contribution in [2.75, 3.05) is 18.1 Å². The Labute approximate surface area is 209 Å². The average molecular weight is 507 g/mol. The second kappa shape index (κ2) is 9.21. The van der Waals surface area contributed by atoms with Gasteiger partial charge in [-0.1, -0.05) is 38.4 Å². The number of halogens is 1. The van der Waals surface area contributed by atoms with Gasteiger partial charge in [-0.15, -0.1) is 18.3 Å². The van der Waals surface area contributed by atoms with Gasteiger partial charge in [0.05, 0.1) is 29.2 Å². The van der Waals surface area contributed by atoms with Crippen LogP contribution in [0.4, 0.5) is 5.69 Å². The van der Waals surface area contributed by atoms with Crippen molar-refractivity contribution >= 4 is 46.8 Å². The van der Waals surface area contributed by atoms with Crippen molar-refractivity contribution in [1.82, 2.24) is 4.90 Å². The van der Waals surface area contributed by atoms with Gasteiger partial charge in [0.25, 0.3) is 5.91 Å². The van der Waals surface area contributed by atoms with Crippen molar-refractivity contribution in [3.05, 3.63) is 41.9 Å². The second-order valence-corrected chi connectivity index (χ2v) is 11.8. The molecule has 7 atom stereocenters. The number of aliphatic hydroxyl groups excluding tert-OH is 1.